The highest BCUT2D eigenvalue weighted by Gasteiger charge is 2.42. The quantitative estimate of drug-likeness (QED) is 0.698. The molecule has 90 valence electrons. The Morgan fingerprint density at radius 3 is 2.33 bits per heavy atom. The smallest absolute Gasteiger partial charge is 0.0618 e. The maximum Gasteiger partial charge on any atom is 0.0618 e. The van der Waals surface area contributed by atoms with Crippen molar-refractivity contribution in [2.24, 2.45) is 5.41 Å². The van der Waals surface area contributed by atoms with E-state index in [0.717, 1.165) is 13.0 Å². The van der Waals surface area contributed by atoms with Crippen molar-refractivity contribution in [3.63, 3.8) is 0 Å². The van der Waals surface area contributed by atoms with Crippen LogP contribution in [0.25, 0.3) is 0 Å². The van der Waals surface area contributed by atoms with Crippen molar-refractivity contribution in [2.45, 2.75) is 39.2 Å². The molecular weight excluding hydrogens is 190 g/mol. The van der Waals surface area contributed by atoms with E-state index in [1.165, 1.54) is 25.9 Å². The SMILES string of the molecule is CCC1(CC)CN(C(CCO)COC)C1. The van der Waals surface area contributed by atoms with Crippen molar-refractivity contribution in [1.82, 2.24) is 4.90 Å². The molecule has 1 atom stereocenters. The summed E-state index contributed by atoms with van der Waals surface area (Å²) in [6, 6.07) is 0.409. The largest absolute Gasteiger partial charge is 0.396 e. The van der Waals surface area contributed by atoms with Crippen LogP contribution in [0.2, 0.25) is 0 Å². The molecule has 0 aromatic heterocycles. The third-order valence-electron chi connectivity index (χ3n) is 3.91. The molecule has 0 aromatic carbocycles. The van der Waals surface area contributed by atoms with Gasteiger partial charge in [0, 0.05) is 32.8 Å². The average Bonchev–Trinajstić information content (AvgIpc) is 2.18. The molecule has 0 radical (unpaired) electrons. The van der Waals surface area contributed by atoms with E-state index in [1.54, 1.807) is 7.11 Å². The van der Waals surface area contributed by atoms with Gasteiger partial charge in [-0.15, -0.1) is 0 Å². The second-order valence-electron chi connectivity index (χ2n) is 4.73. The lowest BCUT2D eigenvalue weighted by atomic mass is 9.74. The molecule has 1 N–H and O–H groups in total. The molecule has 15 heavy (non-hydrogen) atoms. The van der Waals surface area contributed by atoms with Crippen molar-refractivity contribution in [2.75, 3.05) is 33.4 Å². The van der Waals surface area contributed by atoms with E-state index in [1.807, 2.05) is 0 Å². The number of hydrogen-bond donors (Lipinski definition) is 1. The maximum absolute atomic E-state index is 8.99. The standard InChI is InChI=1S/C12H25NO2/c1-4-12(5-2)9-13(10-12)11(6-7-14)8-15-3/h11,14H,4-10H2,1-3H3. The number of aliphatic hydroxyl groups is 1. The highest BCUT2D eigenvalue weighted by molar-refractivity contribution is 4.95. The van der Waals surface area contributed by atoms with E-state index in [4.69, 9.17) is 9.84 Å². The van der Waals surface area contributed by atoms with Gasteiger partial charge in [0.2, 0.25) is 0 Å². The molecule has 1 aliphatic rings. The molecule has 1 unspecified atom stereocenters. The van der Waals surface area contributed by atoms with Gasteiger partial charge in [-0.1, -0.05) is 13.8 Å². The first-order chi connectivity index (χ1) is 7.21. The summed E-state index contributed by atoms with van der Waals surface area (Å²) in [6.45, 7) is 7.90. The lowest BCUT2D eigenvalue weighted by Gasteiger charge is -2.53. The van der Waals surface area contributed by atoms with Crippen LogP contribution in [0.3, 0.4) is 0 Å². The Balaban J connectivity index is 2.39. The molecule has 0 saturated carbocycles. The van der Waals surface area contributed by atoms with Gasteiger partial charge in [-0.25, -0.2) is 0 Å². The fourth-order valence-corrected chi connectivity index (χ4v) is 2.48. The summed E-state index contributed by atoms with van der Waals surface area (Å²) in [5.74, 6) is 0. The Hall–Kier alpha value is -0.120. The van der Waals surface area contributed by atoms with E-state index in [2.05, 4.69) is 18.7 Å². The zero-order chi connectivity index (χ0) is 11.3. The zero-order valence-corrected chi connectivity index (χ0v) is 10.3. The van der Waals surface area contributed by atoms with Crippen LogP contribution in [-0.4, -0.2) is 49.5 Å². The molecule has 1 rings (SSSR count). The van der Waals surface area contributed by atoms with Crippen LogP contribution < -0.4 is 0 Å². The van der Waals surface area contributed by atoms with E-state index in [-0.39, 0.29) is 6.61 Å². The Bertz CT molecular complexity index is 166. The van der Waals surface area contributed by atoms with Gasteiger partial charge in [0.1, 0.15) is 0 Å². The lowest BCUT2D eigenvalue weighted by molar-refractivity contribution is -0.0612. The summed E-state index contributed by atoms with van der Waals surface area (Å²) >= 11 is 0. The molecule has 0 aliphatic carbocycles. The maximum atomic E-state index is 8.99. The summed E-state index contributed by atoms with van der Waals surface area (Å²) in [5.41, 5.74) is 0.543. The van der Waals surface area contributed by atoms with Crippen LogP contribution in [0, 0.1) is 5.41 Å². The highest BCUT2D eigenvalue weighted by Crippen LogP contribution is 2.38. The molecule has 0 spiro atoms. The molecule has 1 fully saturated rings. The lowest BCUT2D eigenvalue weighted by Crippen LogP contribution is -2.60. The second-order valence-corrected chi connectivity index (χ2v) is 4.73. The Labute approximate surface area is 93.4 Å². The molecule has 0 bridgehead atoms. The summed E-state index contributed by atoms with van der Waals surface area (Å²) in [7, 11) is 1.73. The van der Waals surface area contributed by atoms with Gasteiger partial charge in [-0.3, -0.25) is 4.90 Å². The summed E-state index contributed by atoms with van der Waals surface area (Å²) in [6.07, 6.45) is 3.36. The predicted octanol–water partition coefficient (Wildman–Crippen LogP) is 1.51. The van der Waals surface area contributed by atoms with Gasteiger partial charge in [0.25, 0.3) is 0 Å². The van der Waals surface area contributed by atoms with Crippen LogP contribution >= 0.6 is 0 Å². The number of likely N-dealkylation sites (tertiary alicyclic amines) is 1. The van der Waals surface area contributed by atoms with Crippen LogP contribution in [0.15, 0.2) is 0 Å². The first-order valence-electron chi connectivity index (χ1n) is 6.05. The molecule has 1 heterocycles. The Kier molecular flexibility index (Phi) is 5.03. The molecule has 3 nitrogen and oxygen atoms in total. The van der Waals surface area contributed by atoms with Crippen LogP contribution in [-0.2, 0) is 4.74 Å². The van der Waals surface area contributed by atoms with Gasteiger partial charge < -0.3 is 9.84 Å². The number of methoxy groups -OCH3 is 1. The van der Waals surface area contributed by atoms with Crippen molar-refractivity contribution in [1.29, 1.82) is 0 Å². The summed E-state index contributed by atoms with van der Waals surface area (Å²) in [4.78, 5) is 2.45. The Morgan fingerprint density at radius 1 is 1.33 bits per heavy atom. The molecule has 0 aromatic rings. The number of hydrogen-bond acceptors (Lipinski definition) is 3. The van der Waals surface area contributed by atoms with E-state index in [9.17, 15) is 0 Å². The monoisotopic (exact) mass is 215 g/mol. The molecular formula is C12H25NO2. The van der Waals surface area contributed by atoms with Crippen molar-refractivity contribution >= 4 is 0 Å². The fraction of sp³-hybridized carbons (Fsp3) is 1.00. The minimum atomic E-state index is 0.260. The number of aliphatic hydroxyl groups excluding tert-OH is 1. The first kappa shape index (κ1) is 12.9. The normalized spacial score (nSPS) is 22.4. The Morgan fingerprint density at radius 2 is 1.93 bits per heavy atom. The zero-order valence-electron chi connectivity index (χ0n) is 10.3. The molecule has 1 saturated heterocycles. The summed E-state index contributed by atoms with van der Waals surface area (Å²) in [5, 5.41) is 8.99. The summed E-state index contributed by atoms with van der Waals surface area (Å²) < 4.78 is 5.20. The third kappa shape index (κ3) is 2.92. The van der Waals surface area contributed by atoms with E-state index >= 15 is 0 Å². The van der Waals surface area contributed by atoms with Gasteiger partial charge in [0.05, 0.1) is 6.61 Å². The van der Waals surface area contributed by atoms with Crippen molar-refractivity contribution in [3.05, 3.63) is 0 Å². The van der Waals surface area contributed by atoms with Crippen molar-refractivity contribution in [3.8, 4) is 0 Å². The average molecular weight is 215 g/mol. The third-order valence-corrected chi connectivity index (χ3v) is 3.91. The highest BCUT2D eigenvalue weighted by atomic mass is 16.5. The van der Waals surface area contributed by atoms with E-state index < -0.39 is 0 Å². The first-order valence-corrected chi connectivity index (χ1v) is 6.05. The van der Waals surface area contributed by atoms with Gasteiger partial charge in [-0.05, 0) is 24.7 Å². The van der Waals surface area contributed by atoms with Gasteiger partial charge >= 0.3 is 0 Å². The van der Waals surface area contributed by atoms with Crippen LogP contribution in [0.4, 0.5) is 0 Å². The molecule has 3 heteroatoms. The number of nitrogens with zero attached hydrogens (tertiary/aromatic N) is 1. The van der Waals surface area contributed by atoms with E-state index in [0.29, 0.717) is 11.5 Å². The topological polar surface area (TPSA) is 32.7 Å². The van der Waals surface area contributed by atoms with Gasteiger partial charge in [0.15, 0.2) is 0 Å². The number of ether oxygens (including phenoxy) is 1. The molecule has 1 aliphatic heterocycles. The predicted molar refractivity (Wildman–Crippen MR) is 62.0 cm³/mol. The number of rotatable bonds is 7. The fourth-order valence-electron chi connectivity index (χ4n) is 2.48. The van der Waals surface area contributed by atoms with Crippen LogP contribution in [0.5, 0.6) is 0 Å². The molecule has 0 amide bonds. The van der Waals surface area contributed by atoms with Gasteiger partial charge in [-0.2, -0.15) is 0 Å². The van der Waals surface area contributed by atoms with Crippen LogP contribution in [0.1, 0.15) is 33.1 Å². The minimum absolute atomic E-state index is 0.260. The minimum Gasteiger partial charge on any atom is -0.396 e. The second kappa shape index (κ2) is 5.83. The van der Waals surface area contributed by atoms with Crippen molar-refractivity contribution < 1.29 is 9.84 Å².